The molecule has 0 unspecified atom stereocenters. The minimum Gasteiger partial charge on any atom is -0.309 e. The van der Waals surface area contributed by atoms with Crippen LogP contribution in [0.15, 0.2) is 218 Å². The molecule has 0 saturated heterocycles. The number of hydrogen-bond donors (Lipinski definition) is 0. The highest BCUT2D eigenvalue weighted by Crippen LogP contribution is 2.42. The Morgan fingerprint density at radius 2 is 0.714 bits per heavy atom. The number of para-hydroxylation sites is 3. The zero-order valence-electron chi connectivity index (χ0n) is 30.7. The second-order valence-electron chi connectivity index (χ2n) is 14.5. The van der Waals surface area contributed by atoms with Crippen molar-refractivity contribution in [2.24, 2.45) is 0 Å². The van der Waals surface area contributed by atoms with Crippen LogP contribution in [0.4, 0.5) is 0 Å². The van der Waals surface area contributed by atoms with Gasteiger partial charge in [-0.15, -0.1) is 0 Å². The average molecular weight is 713 g/mol. The lowest BCUT2D eigenvalue weighted by atomic mass is 9.99. The van der Waals surface area contributed by atoms with Crippen molar-refractivity contribution in [1.82, 2.24) is 9.13 Å². The molecule has 262 valence electrons. The minimum atomic E-state index is 1.14. The van der Waals surface area contributed by atoms with Gasteiger partial charge in [0.1, 0.15) is 0 Å². The Morgan fingerprint density at radius 1 is 0.250 bits per heavy atom. The Morgan fingerprint density at radius 3 is 1.41 bits per heavy atom. The third-order valence-electron chi connectivity index (χ3n) is 11.3. The topological polar surface area (TPSA) is 9.86 Å². The van der Waals surface area contributed by atoms with Crippen molar-refractivity contribution in [2.75, 3.05) is 0 Å². The largest absolute Gasteiger partial charge is 0.309 e. The van der Waals surface area contributed by atoms with Crippen molar-refractivity contribution in [3.8, 4) is 55.9 Å². The summed E-state index contributed by atoms with van der Waals surface area (Å²) in [6.07, 6.45) is 0. The summed E-state index contributed by atoms with van der Waals surface area (Å²) >= 11 is 0. The first-order valence-electron chi connectivity index (χ1n) is 19.3. The molecule has 0 aliphatic heterocycles. The van der Waals surface area contributed by atoms with Crippen LogP contribution >= 0.6 is 0 Å². The summed E-state index contributed by atoms with van der Waals surface area (Å²) in [5, 5.41) is 4.97. The lowest BCUT2D eigenvalue weighted by Crippen LogP contribution is -1.97. The molecule has 0 bridgehead atoms. The van der Waals surface area contributed by atoms with E-state index in [0.717, 1.165) is 5.69 Å². The Bertz CT molecular complexity index is 3210. The van der Waals surface area contributed by atoms with Crippen LogP contribution in [0.3, 0.4) is 0 Å². The summed E-state index contributed by atoms with van der Waals surface area (Å²) in [6, 6.07) is 79.3. The predicted octanol–water partition coefficient (Wildman–Crippen LogP) is 14.5. The summed E-state index contributed by atoms with van der Waals surface area (Å²) in [5.74, 6) is 0. The van der Waals surface area contributed by atoms with E-state index >= 15 is 0 Å². The van der Waals surface area contributed by atoms with E-state index in [4.69, 9.17) is 0 Å². The molecule has 11 aromatic rings. The van der Waals surface area contributed by atoms with Gasteiger partial charge in [0.2, 0.25) is 0 Å². The zero-order chi connectivity index (χ0) is 37.0. The van der Waals surface area contributed by atoms with Gasteiger partial charge in [-0.3, -0.25) is 0 Å². The van der Waals surface area contributed by atoms with Gasteiger partial charge in [0.25, 0.3) is 0 Å². The molecule has 11 rings (SSSR count). The van der Waals surface area contributed by atoms with Gasteiger partial charge in [-0.25, -0.2) is 0 Å². The lowest BCUT2D eigenvalue weighted by Gasteiger charge is -2.14. The summed E-state index contributed by atoms with van der Waals surface area (Å²) in [7, 11) is 0. The highest BCUT2D eigenvalue weighted by Gasteiger charge is 2.19. The zero-order valence-corrected chi connectivity index (χ0v) is 30.7. The average Bonchev–Trinajstić information content (AvgIpc) is 3.79. The van der Waals surface area contributed by atoms with E-state index in [2.05, 4.69) is 228 Å². The van der Waals surface area contributed by atoms with Crippen molar-refractivity contribution in [3.63, 3.8) is 0 Å². The molecule has 9 aromatic carbocycles. The van der Waals surface area contributed by atoms with Crippen molar-refractivity contribution >= 4 is 43.6 Å². The van der Waals surface area contributed by atoms with Gasteiger partial charge in [-0.2, -0.15) is 0 Å². The number of fused-ring (bicyclic) bond motifs is 6. The van der Waals surface area contributed by atoms with E-state index in [0.29, 0.717) is 0 Å². The molecule has 0 radical (unpaired) electrons. The molecule has 2 nitrogen and oxygen atoms in total. The molecule has 0 fully saturated rings. The lowest BCUT2D eigenvalue weighted by molar-refractivity contribution is 1.18. The monoisotopic (exact) mass is 712 g/mol. The number of nitrogens with zero attached hydrogens (tertiary/aromatic N) is 2. The van der Waals surface area contributed by atoms with Crippen molar-refractivity contribution in [3.05, 3.63) is 218 Å². The summed E-state index contributed by atoms with van der Waals surface area (Å²) in [6.45, 7) is 0. The van der Waals surface area contributed by atoms with E-state index < -0.39 is 0 Å². The predicted molar refractivity (Wildman–Crippen MR) is 237 cm³/mol. The second kappa shape index (κ2) is 13.2. The first-order valence-corrected chi connectivity index (χ1v) is 19.3. The first kappa shape index (κ1) is 32.0. The normalized spacial score (nSPS) is 11.6. The van der Waals surface area contributed by atoms with Crippen LogP contribution < -0.4 is 0 Å². The van der Waals surface area contributed by atoms with Crippen LogP contribution in [0.5, 0.6) is 0 Å². The van der Waals surface area contributed by atoms with E-state index in [-0.39, 0.29) is 0 Å². The maximum Gasteiger partial charge on any atom is 0.0619 e. The molecule has 0 saturated carbocycles. The number of aromatic nitrogens is 2. The van der Waals surface area contributed by atoms with Crippen molar-refractivity contribution < 1.29 is 0 Å². The Balaban J connectivity index is 1.10. The maximum atomic E-state index is 2.45. The fraction of sp³-hybridized carbons (Fsp3) is 0. The molecule has 0 N–H and O–H groups in total. The Hall–Kier alpha value is -7.42. The molecule has 0 atom stereocenters. The molecule has 2 aromatic heterocycles. The van der Waals surface area contributed by atoms with Gasteiger partial charge < -0.3 is 9.13 Å². The Kier molecular flexibility index (Phi) is 7.53. The van der Waals surface area contributed by atoms with Crippen LogP contribution in [0.2, 0.25) is 0 Å². The van der Waals surface area contributed by atoms with Crippen LogP contribution in [-0.2, 0) is 0 Å². The molecular formula is C54H36N2. The standard InChI is InChI=1S/C54H36N2/c1-4-15-37(16-5-1)38-27-31-43(32-28-38)55-52-33-29-42(36-49(52)47-24-14-23-45(54(47)55)40-19-8-3-9-20-40)41-30-34-53-48(35-41)46-22-11-13-26-51(46)56(53)50-25-12-10-21-44(50)39-17-6-2-7-18-39/h1-36H. The van der Waals surface area contributed by atoms with Crippen molar-refractivity contribution in [2.45, 2.75) is 0 Å². The van der Waals surface area contributed by atoms with Crippen molar-refractivity contribution in [1.29, 1.82) is 0 Å². The van der Waals surface area contributed by atoms with Crippen LogP contribution in [0.1, 0.15) is 0 Å². The maximum absolute atomic E-state index is 2.45. The van der Waals surface area contributed by atoms with Crippen LogP contribution in [-0.4, -0.2) is 9.13 Å². The van der Waals surface area contributed by atoms with Gasteiger partial charge in [0, 0.05) is 38.4 Å². The molecule has 2 heterocycles. The van der Waals surface area contributed by atoms with Crippen LogP contribution in [0, 0.1) is 0 Å². The third kappa shape index (κ3) is 5.19. The van der Waals surface area contributed by atoms with E-state index in [1.54, 1.807) is 0 Å². The minimum absolute atomic E-state index is 1.14. The van der Waals surface area contributed by atoms with Gasteiger partial charge in [0.05, 0.1) is 27.8 Å². The van der Waals surface area contributed by atoms with Gasteiger partial charge >= 0.3 is 0 Å². The number of hydrogen-bond acceptors (Lipinski definition) is 0. The molecule has 0 aliphatic rings. The molecule has 2 heteroatoms. The fourth-order valence-electron chi connectivity index (χ4n) is 8.74. The van der Waals surface area contributed by atoms with E-state index in [1.165, 1.54) is 93.8 Å². The number of benzene rings is 9. The summed E-state index contributed by atoms with van der Waals surface area (Å²) in [4.78, 5) is 0. The highest BCUT2D eigenvalue weighted by molar-refractivity contribution is 6.15. The highest BCUT2D eigenvalue weighted by atomic mass is 15.0. The SMILES string of the molecule is c1ccc(-c2ccc(-n3c4ccc(-c5ccc6c(c5)c5ccccc5n6-c5ccccc5-c5ccccc5)cc4c4cccc(-c5ccccc5)c43)cc2)cc1. The Labute approximate surface area is 325 Å². The second-order valence-corrected chi connectivity index (χ2v) is 14.5. The summed E-state index contributed by atoms with van der Waals surface area (Å²) in [5.41, 5.74) is 16.8. The fourth-order valence-corrected chi connectivity index (χ4v) is 8.74. The molecule has 56 heavy (non-hydrogen) atoms. The molecule has 0 aliphatic carbocycles. The van der Waals surface area contributed by atoms with Crippen LogP contribution in [0.25, 0.3) is 99.5 Å². The third-order valence-corrected chi connectivity index (χ3v) is 11.3. The van der Waals surface area contributed by atoms with E-state index in [9.17, 15) is 0 Å². The quantitative estimate of drug-likeness (QED) is 0.162. The smallest absolute Gasteiger partial charge is 0.0619 e. The number of rotatable bonds is 6. The molecular weight excluding hydrogens is 677 g/mol. The molecule has 0 spiro atoms. The molecule has 0 amide bonds. The van der Waals surface area contributed by atoms with Gasteiger partial charge in [-0.05, 0) is 81.9 Å². The van der Waals surface area contributed by atoms with E-state index in [1.807, 2.05) is 0 Å². The first-order chi connectivity index (χ1) is 27.8. The van der Waals surface area contributed by atoms with Gasteiger partial charge in [-0.1, -0.05) is 170 Å². The summed E-state index contributed by atoms with van der Waals surface area (Å²) < 4.78 is 4.88. The van der Waals surface area contributed by atoms with Gasteiger partial charge in [0.15, 0.2) is 0 Å².